The van der Waals surface area contributed by atoms with E-state index in [4.69, 9.17) is 28.5 Å². The molecule has 112 valence electrons. The van der Waals surface area contributed by atoms with Crippen molar-refractivity contribution in [1.82, 2.24) is 0 Å². The predicted molar refractivity (Wildman–Crippen MR) is 75.5 cm³/mol. The molecule has 0 radical (unpaired) electrons. The summed E-state index contributed by atoms with van der Waals surface area (Å²) in [6, 6.07) is 3.50. The average Bonchev–Trinajstić information content (AvgIpc) is 2.35. The number of esters is 1. The van der Waals surface area contributed by atoms with Crippen LogP contribution in [-0.4, -0.2) is 24.2 Å². The van der Waals surface area contributed by atoms with E-state index in [0.29, 0.717) is 0 Å². The van der Waals surface area contributed by atoms with E-state index in [1.54, 1.807) is 0 Å². The van der Waals surface area contributed by atoms with Crippen molar-refractivity contribution in [1.29, 1.82) is 5.41 Å². The number of nitrogens with two attached hydrogens (primary N) is 2. The van der Waals surface area contributed by atoms with Crippen molar-refractivity contribution in [3.63, 3.8) is 0 Å². The molecule has 0 amide bonds. The molecule has 0 bridgehead atoms. The molecule has 0 heterocycles. The minimum atomic E-state index is -1.02. The van der Waals surface area contributed by atoms with Gasteiger partial charge >= 0.3 is 5.97 Å². The van der Waals surface area contributed by atoms with Gasteiger partial charge in [-0.05, 0) is 25.1 Å². The van der Waals surface area contributed by atoms with Gasteiger partial charge < -0.3 is 16.2 Å². The average molecular weight is 314 g/mol. The zero-order chi connectivity index (χ0) is 16.2. The molecule has 0 atom stereocenters. The van der Waals surface area contributed by atoms with Crippen molar-refractivity contribution in [2.24, 2.45) is 11.5 Å². The van der Waals surface area contributed by atoms with E-state index in [9.17, 15) is 14.0 Å². The SMILES string of the molecule is CC(N)=C(C(=N)N)C(=O)OCC(=O)c1ccc(Cl)cc1F. The lowest BCUT2D eigenvalue weighted by atomic mass is 10.1. The third kappa shape index (κ3) is 4.28. The predicted octanol–water partition coefficient (Wildman–Crippen LogP) is 1.37. The van der Waals surface area contributed by atoms with Crippen LogP contribution >= 0.6 is 11.6 Å². The fraction of sp³-hybridized carbons (Fsp3) is 0.154. The number of carbonyl (C=O) groups excluding carboxylic acids is 2. The highest BCUT2D eigenvalue weighted by molar-refractivity contribution is 6.30. The normalized spacial score (nSPS) is 11.6. The first-order valence-corrected chi connectivity index (χ1v) is 6.08. The summed E-state index contributed by atoms with van der Waals surface area (Å²) in [7, 11) is 0. The standard InChI is InChI=1S/C13H13ClFN3O3/c1-6(16)11(12(17)18)13(20)21-5-10(19)8-3-2-7(14)4-9(8)15/h2-4H,5,16H2,1H3,(H3,17,18). The number of halogens is 2. The highest BCUT2D eigenvalue weighted by Gasteiger charge is 2.19. The molecule has 6 nitrogen and oxygen atoms in total. The van der Waals surface area contributed by atoms with E-state index in [-0.39, 0.29) is 21.9 Å². The van der Waals surface area contributed by atoms with E-state index in [1.807, 2.05) is 0 Å². The fourth-order valence-corrected chi connectivity index (χ4v) is 1.64. The van der Waals surface area contributed by atoms with Crippen molar-refractivity contribution >= 4 is 29.2 Å². The number of rotatable bonds is 5. The maximum absolute atomic E-state index is 13.5. The number of benzene rings is 1. The monoisotopic (exact) mass is 313 g/mol. The number of ketones is 1. The van der Waals surface area contributed by atoms with Gasteiger partial charge in [0.15, 0.2) is 6.61 Å². The first kappa shape index (κ1) is 16.6. The molecule has 0 unspecified atom stereocenters. The van der Waals surface area contributed by atoms with Gasteiger partial charge in [0.25, 0.3) is 0 Å². The molecule has 1 aromatic carbocycles. The molecule has 0 aliphatic carbocycles. The first-order valence-electron chi connectivity index (χ1n) is 5.70. The number of hydrogen-bond acceptors (Lipinski definition) is 5. The van der Waals surface area contributed by atoms with E-state index in [1.165, 1.54) is 19.1 Å². The van der Waals surface area contributed by atoms with Crippen LogP contribution in [0.1, 0.15) is 17.3 Å². The van der Waals surface area contributed by atoms with Gasteiger partial charge in [-0.1, -0.05) is 11.6 Å². The molecule has 0 aliphatic heterocycles. The number of allylic oxidation sites excluding steroid dienone is 1. The molecule has 1 aromatic rings. The van der Waals surface area contributed by atoms with Crippen LogP contribution in [-0.2, 0) is 9.53 Å². The maximum atomic E-state index is 13.5. The Morgan fingerprint density at radius 1 is 1.38 bits per heavy atom. The number of carbonyl (C=O) groups is 2. The molecule has 0 fully saturated rings. The third-order valence-electron chi connectivity index (χ3n) is 2.43. The Morgan fingerprint density at radius 2 is 2.00 bits per heavy atom. The minimum absolute atomic E-state index is 0.0161. The molecule has 0 saturated carbocycles. The Balaban J connectivity index is 2.80. The molecule has 21 heavy (non-hydrogen) atoms. The van der Waals surface area contributed by atoms with E-state index in [2.05, 4.69) is 4.74 Å². The first-order chi connectivity index (χ1) is 9.73. The lowest BCUT2D eigenvalue weighted by Crippen LogP contribution is -2.27. The van der Waals surface area contributed by atoms with Crippen LogP contribution in [0, 0.1) is 11.2 Å². The van der Waals surface area contributed by atoms with E-state index < -0.39 is 30.0 Å². The summed E-state index contributed by atoms with van der Waals surface area (Å²) in [5.41, 5.74) is 9.97. The number of nitrogens with one attached hydrogen (secondary N) is 1. The van der Waals surface area contributed by atoms with E-state index >= 15 is 0 Å². The van der Waals surface area contributed by atoms with Gasteiger partial charge in [0, 0.05) is 10.7 Å². The van der Waals surface area contributed by atoms with Crippen molar-refractivity contribution in [3.8, 4) is 0 Å². The smallest absolute Gasteiger partial charge is 0.344 e. The molecular formula is C13H13ClFN3O3. The molecule has 5 N–H and O–H groups in total. The van der Waals surface area contributed by atoms with Gasteiger partial charge in [0.2, 0.25) is 5.78 Å². The lowest BCUT2D eigenvalue weighted by Gasteiger charge is -2.08. The van der Waals surface area contributed by atoms with Crippen molar-refractivity contribution < 1.29 is 18.7 Å². The van der Waals surface area contributed by atoms with Gasteiger partial charge in [-0.3, -0.25) is 10.2 Å². The second-order valence-electron chi connectivity index (χ2n) is 4.10. The second-order valence-corrected chi connectivity index (χ2v) is 4.53. The molecule has 1 rings (SSSR count). The van der Waals surface area contributed by atoms with Crippen molar-refractivity contribution in [3.05, 3.63) is 45.9 Å². The molecule has 0 saturated heterocycles. The van der Waals surface area contributed by atoms with Crippen LogP contribution in [0.2, 0.25) is 5.02 Å². The summed E-state index contributed by atoms with van der Waals surface area (Å²) < 4.78 is 18.2. The topological polar surface area (TPSA) is 119 Å². The molecular weight excluding hydrogens is 301 g/mol. The van der Waals surface area contributed by atoms with Crippen LogP contribution in [0.15, 0.2) is 29.5 Å². The molecule has 0 aliphatic rings. The Labute approximate surface area is 125 Å². The van der Waals surface area contributed by atoms with Crippen LogP contribution < -0.4 is 11.5 Å². The van der Waals surface area contributed by atoms with Crippen LogP contribution in [0.4, 0.5) is 4.39 Å². The number of ether oxygens (including phenoxy) is 1. The lowest BCUT2D eigenvalue weighted by molar-refractivity contribution is -0.137. The van der Waals surface area contributed by atoms with Gasteiger partial charge in [-0.15, -0.1) is 0 Å². The summed E-state index contributed by atoms with van der Waals surface area (Å²) >= 11 is 5.57. The summed E-state index contributed by atoms with van der Waals surface area (Å²) in [6.45, 7) is 0.653. The highest BCUT2D eigenvalue weighted by atomic mass is 35.5. The molecule has 0 aromatic heterocycles. The van der Waals surface area contributed by atoms with Crippen LogP contribution in [0.5, 0.6) is 0 Å². The van der Waals surface area contributed by atoms with Gasteiger partial charge in [0.1, 0.15) is 17.2 Å². The van der Waals surface area contributed by atoms with Crippen LogP contribution in [0.25, 0.3) is 0 Å². The zero-order valence-electron chi connectivity index (χ0n) is 11.1. The number of amidine groups is 1. The van der Waals surface area contributed by atoms with Gasteiger partial charge in [0.05, 0.1) is 5.56 Å². The maximum Gasteiger partial charge on any atom is 0.344 e. The second kappa shape index (κ2) is 6.85. The summed E-state index contributed by atoms with van der Waals surface area (Å²) in [6.07, 6.45) is 0. The summed E-state index contributed by atoms with van der Waals surface area (Å²) in [5.74, 6) is -3.17. The Morgan fingerprint density at radius 3 is 2.48 bits per heavy atom. The van der Waals surface area contributed by atoms with Crippen molar-refractivity contribution in [2.45, 2.75) is 6.92 Å². The van der Waals surface area contributed by atoms with Crippen molar-refractivity contribution in [2.75, 3.05) is 6.61 Å². The fourth-order valence-electron chi connectivity index (χ4n) is 1.48. The highest BCUT2D eigenvalue weighted by Crippen LogP contribution is 2.15. The minimum Gasteiger partial charge on any atom is -0.454 e. The zero-order valence-corrected chi connectivity index (χ0v) is 11.8. The quantitative estimate of drug-likeness (QED) is 0.249. The van der Waals surface area contributed by atoms with Gasteiger partial charge in [-0.2, -0.15) is 0 Å². The largest absolute Gasteiger partial charge is 0.454 e. The summed E-state index contributed by atoms with van der Waals surface area (Å²) in [4.78, 5) is 23.4. The van der Waals surface area contributed by atoms with Crippen LogP contribution in [0.3, 0.4) is 0 Å². The number of hydrogen-bond donors (Lipinski definition) is 3. The summed E-state index contributed by atoms with van der Waals surface area (Å²) in [5, 5.41) is 7.34. The Hall–Kier alpha value is -2.41. The van der Waals surface area contributed by atoms with Gasteiger partial charge in [-0.25, -0.2) is 9.18 Å². The third-order valence-corrected chi connectivity index (χ3v) is 2.67. The van der Waals surface area contributed by atoms with E-state index in [0.717, 1.165) is 6.07 Å². The molecule has 8 heteroatoms. The Kier molecular flexibility index (Phi) is 5.43. The number of Topliss-reactive ketones (excluding diaryl/α,β-unsaturated/α-hetero) is 1. The Bertz CT molecular complexity index is 640. The molecule has 0 spiro atoms.